The molecule has 0 aromatic carbocycles. The third-order valence-electron chi connectivity index (χ3n) is 2.31. The van der Waals surface area contributed by atoms with Crippen LogP contribution in [-0.4, -0.2) is 12.5 Å². The fourth-order valence-electron chi connectivity index (χ4n) is 1.44. The quantitative estimate of drug-likeness (QED) is 0.885. The minimum Gasteiger partial charge on any atom is -0.469 e. The van der Waals surface area contributed by atoms with Crippen molar-refractivity contribution in [2.75, 3.05) is 6.54 Å². The molecule has 2 heterocycles. The Kier molecular flexibility index (Phi) is 3.41. The summed E-state index contributed by atoms with van der Waals surface area (Å²) in [5.41, 5.74) is 1.03. The van der Waals surface area contributed by atoms with Crippen molar-refractivity contribution in [1.29, 1.82) is 0 Å². The molecule has 0 aliphatic rings. The number of carbonyl (C=O) groups excluding carboxylic acids is 1. The molecule has 2 aromatic rings. The van der Waals surface area contributed by atoms with E-state index in [4.69, 9.17) is 4.42 Å². The van der Waals surface area contributed by atoms with E-state index in [1.807, 2.05) is 30.5 Å². The second-order valence-electron chi connectivity index (χ2n) is 3.52. The average molecular weight is 235 g/mol. The van der Waals surface area contributed by atoms with Crippen molar-refractivity contribution in [2.45, 2.75) is 13.3 Å². The average Bonchev–Trinajstić information content (AvgIpc) is 2.88. The van der Waals surface area contributed by atoms with Crippen LogP contribution in [0.15, 0.2) is 34.3 Å². The van der Waals surface area contributed by atoms with Gasteiger partial charge in [-0.2, -0.15) is 0 Å². The molecular formula is C12H13NO2S. The maximum atomic E-state index is 11.7. The molecule has 1 N–H and O–H groups in total. The highest BCUT2D eigenvalue weighted by Crippen LogP contribution is 2.14. The van der Waals surface area contributed by atoms with Gasteiger partial charge in [0.05, 0.1) is 11.1 Å². The van der Waals surface area contributed by atoms with Gasteiger partial charge in [-0.1, -0.05) is 0 Å². The molecule has 0 fully saturated rings. The topological polar surface area (TPSA) is 42.2 Å². The molecule has 0 radical (unpaired) electrons. The van der Waals surface area contributed by atoms with Gasteiger partial charge in [0, 0.05) is 13.0 Å². The van der Waals surface area contributed by atoms with Gasteiger partial charge >= 0.3 is 0 Å². The largest absolute Gasteiger partial charge is 0.469 e. The predicted molar refractivity (Wildman–Crippen MR) is 63.8 cm³/mol. The van der Waals surface area contributed by atoms with Crippen LogP contribution in [-0.2, 0) is 6.42 Å². The maximum Gasteiger partial charge on any atom is 0.261 e. The van der Waals surface area contributed by atoms with Crippen LogP contribution < -0.4 is 5.32 Å². The summed E-state index contributed by atoms with van der Waals surface area (Å²) in [6, 6.07) is 5.70. The van der Waals surface area contributed by atoms with Crippen molar-refractivity contribution in [3.05, 3.63) is 46.0 Å². The summed E-state index contributed by atoms with van der Waals surface area (Å²) >= 11 is 1.47. The Labute approximate surface area is 98.1 Å². The van der Waals surface area contributed by atoms with Gasteiger partial charge in [-0.3, -0.25) is 4.79 Å². The molecule has 2 aromatic heterocycles. The van der Waals surface area contributed by atoms with Gasteiger partial charge in [-0.25, -0.2) is 0 Å². The van der Waals surface area contributed by atoms with Crippen LogP contribution in [0.3, 0.4) is 0 Å². The molecule has 0 aliphatic heterocycles. The van der Waals surface area contributed by atoms with Gasteiger partial charge in [0.25, 0.3) is 5.91 Å². The highest BCUT2D eigenvalue weighted by Gasteiger charge is 2.09. The summed E-state index contributed by atoms with van der Waals surface area (Å²) in [6.45, 7) is 2.54. The third-order valence-corrected chi connectivity index (χ3v) is 3.32. The zero-order valence-corrected chi connectivity index (χ0v) is 9.84. The molecule has 0 saturated heterocycles. The molecule has 84 valence electrons. The molecule has 4 heteroatoms. The number of amides is 1. The highest BCUT2D eigenvalue weighted by atomic mass is 32.1. The van der Waals surface area contributed by atoms with Gasteiger partial charge in [0.1, 0.15) is 5.76 Å². The summed E-state index contributed by atoms with van der Waals surface area (Å²) in [6.07, 6.45) is 2.36. The van der Waals surface area contributed by atoms with E-state index in [9.17, 15) is 4.79 Å². The second kappa shape index (κ2) is 4.99. The molecule has 0 aliphatic carbocycles. The smallest absolute Gasteiger partial charge is 0.261 e. The van der Waals surface area contributed by atoms with Crippen molar-refractivity contribution >= 4 is 17.2 Å². The first-order chi connectivity index (χ1) is 7.77. The zero-order valence-electron chi connectivity index (χ0n) is 9.03. The summed E-state index contributed by atoms with van der Waals surface area (Å²) < 4.78 is 5.18. The van der Waals surface area contributed by atoms with Crippen LogP contribution in [0.1, 0.15) is 21.0 Å². The summed E-state index contributed by atoms with van der Waals surface area (Å²) in [5, 5.41) is 4.80. The highest BCUT2D eigenvalue weighted by molar-refractivity contribution is 7.12. The lowest BCUT2D eigenvalue weighted by atomic mass is 10.2. The van der Waals surface area contributed by atoms with Crippen molar-refractivity contribution in [3.63, 3.8) is 0 Å². The third kappa shape index (κ3) is 2.52. The second-order valence-corrected chi connectivity index (χ2v) is 4.43. The summed E-state index contributed by atoms with van der Waals surface area (Å²) in [4.78, 5) is 12.5. The van der Waals surface area contributed by atoms with E-state index in [1.165, 1.54) is 11.3 Å². The number of carbonyl (C=O) groups is 1. The van der Waals surface area contributed by atoms with Gasteiger partial charge in [-0.05, 0) is 36.1 Å². The first-order valence-corrected chi connectivity index (χ1v) is 6.00. The molecule has 0 saturated carbocycles. The lowest BCUT2D eigenvalue weighted by Gasteiger charge is -2.02. The SMILES string of the molecule is Cc1ccsc1C(=O)NCCc1ccco1. The number of hydrogen-bond donors (Lipinski definition) is 1. The van der Waals surface area contributed by atoms with Crippen molar-refractivity contribution < 1.29 is 9.21 Å². The molecule has 0 spiro atoms. The van der Waals surface area contributed by atoms with Crippen LogP contribution >= 0.6 is 11.3 Å². The molecule has 3 nitrogen and oxygen atoms in total. The van der Waals surface area contributed by atoms with Crippen LogP contribution in [0.25, 0.3) is 0 Å². The molecule has 16 heavy (non-hydrogen) atoms. The standard InChI is InChI=1S/C12H13NO2S/c1-9-5-8-16-11(9)12(14)13-6-4-10-3-2-7-15-10/h2-3,5,7-8H,4,6H2,1H3,(H,13,14). The van der Waals surface area contributed by atoms with E-state index in [0.29, 0.717) is 6.54 Å². The lowest BCUT2D eigenvalue weighted by molar-refractivity contribution is 0.0957. The van der Waals surface area contributed by atoms with E-state index in [1.54, 1.807) is 6.26 Å². The van der Waals surface area contributed by atoms with Crippen molar-refractivity contribution in [2.24, 2.45) is 0 Å². The van der Waals surface area contributed by atoms with E-state index in [2.05, 4.69) is 5.32 Å². The minimum absolute atomic E-state index is 0.000874. The molecular weight excluding hydrogens is 222 g/mol. The van der Waals surface area contributed by atoms with E-state index in [0.717, 1.165) is 22.6 Å². The fourth-order valence-corrected chi connectivity index (χ4v) is 2.28. The summed E-state index contributed by atoms with van der Waals surface area (Å²) in [7, 11) is 0. The predicted octanol–water partition coefficient (Wildman–Crippen LogP) is 2.62. The van der Waals surface area contributed by atoms with Gasteiger partial charge < -0.3 is 9.73 Å². The Morgan fingerprint density at radius 1 is 1.50 bits per heavy atom. The lowest BCUT2D eigenvalue weighted by Crippen LogP contribution is -2.25. The first kappa shape index (κ1) is 11.0. The van der Waals surface area contributed by atoms with Gasteiger partial charge in [-0.15, -0.1) is 11.3 Å². The van der Waals surface area contributed by atoms with E-state index < -0.39 is 0 Å². The molecule has 0 atom stereocenters. The fraction of sp³-hybridized carbons (Fsp3) is 0.250. The monoisotopic (exact) mass is 235 g/mol. The molecule has 0 bridgehead atoms. The van der Waals surface area contributed by atoms with Crippen molar-refractivity contribution in [3.8, 4) is 0 Å². The number of thiophene rings is 1. The molecule has 0 unspecified atom stereocenters. The Morgan fingerprint density at radius 3 is 3.00 bits per heavy atom. The molecule has 1 amide bonds. The number of aryl methyl sites for hydroxylation is 1. The van der Waals surface area contributed by atoms with Gasteiger partial charge in [0.15, 0.2) is 0 Å². The van der Waals surface area contributed by atoms with E-state index in [-0.39, 0.29) is 5.91 Å². The Bertz CT molecular complexity index is 459. The Hall–Kier alpha value is -1.55. The number of hydrogen-bond acceptors (Lipinski definition) is 3. The Morgan fingerprint density at radius 2 is 2.38 bits per heavy atom. The van der Waals surface area contributed by atoms with Crippen LogP contribution in [0.5, 0.6) is 0 Å². The number of rotatable bonds is 4. The number of nitrogens with one attached hydrogen (secondary N) is 1. The molecule has 2 rings (SSSR count). The van der Waals surface area contributed by atoms with Crippen molar-refractivity contribution in [1.82, 2.24) is 5.32 Å². The maximum absolute atomic E-state index is 11.7. The Balaban J connectivity index is 1.83. The van der Waals surface area contributed by atoms with Crippen LogP contribution in [0.4, 0.5) is 0 Å². The van der Waals surface area contributed by atoms with Crippen LogP contribution in [0, 0.1) is 6.92 Å². The number of furan rings is 1. The summed E-state index contributed by atoms with van der Waals surface area (Å²) in [5.74, 6) is 0.891. The first-order valence-electron chi connectivity index (χ1n) is 5.12. The van der Waals surface area contributed by atoms with E-state index >= 15 is 0 Å². The zero-order chi connectivity index (χ0) is 11.4. The van der Waals surface area contributed by atoms with Crippen LogP contribution in [0.2, 0.25) is 0 Å². The van der Waals surface area contributed by atoms with Gasteiger partial charge in [0.2, 0.25) is 0 Å². The minimum atomic E-state index is -0.000874. The normalized spacial score (nSPS) is 10.3.